The average molecular weight is 525 g/mol. The molecule has 0 saturated heterocycles. The number of nitrogens with two attached hydrogens (primary N) is 1. The summed E-state index contributed by atoms with van der Waals surface area (Å²) in [6.45, 7) is 0. The summed E-state index contributed by atoms with van der Waals surface area (Å²) >= 11 is 15.2. The summed E-state index contributed by atoms with van der Waals surface area (Å²) in [6.07, 6.45) is 0. The molecule has 2 N–H and O–H groups in total. The van der Waals surface area contributed by atoms with E-state index >= 15 is 0 Å². The lowest BCUT2D eigenvalue weighted by atomic mass is 10.1. The van der Waals surface area contributed by atoms with E-state index < -0.39 is 10.0 Å². The lowest BCUT2D eigenvalue weighted by Crippen LogP contribution is -2.11. The number of primary sulfonamides is 1. The number of thioether (sulfide) groups is 1. The third-order valence-corrected chi connectivity index (χ3v) is 8.14. The SMILES string of the molecule is NS(=O)(=O)c1ccc(-c2nc(SCc3cc(Cl)cc(Cl)c3)sc2-c2ccc(F)cc2)cc1. The molecule has 0 fully saturated rings. The van der Waals surface area contributed by atoms with E-state index in [1.807, 2.05) is 12.1 Å². The molecule has 0 spiro atoms. The quantitative estimate of drug-likeness (QED) is 0.279. The van der Waals surface area contributed by atoms with Gasteiger partial charge in [0.2, 0.25) is 10.0 Å². The first-order valence-electron chi connectivity index (χ1n) is 9.17. The Morgan fingerprint density at radius 3 is 2.12 bits per heavy atom. The van der Waals surface area contributed by atoms with Crippen molar-refractivity contribution in [3.63, 3.8) is 0 Å². The minimum absolute atomic E-state index is 0.0206. The zero-order valence-corrected chi connectivity index (χ0v) is 20.2. The molecular formula is C22H15Cl2FN2O2S3. The van der Waals surface area contributed by atoms with Crippen LogP contribution in [0.2, 0.25) is 10.0 Å². The third kappa shape index (κ3) is 5.51. The molecule has 0 bridgehead atoms. The molecule has 0 saturated carbocycles. The molecule has 4 rings (SSSR count). The van der Waals surface area contributed by atoms with Crippen molar-refractivity contribution in [3.8, 4) is 21.7 Å². The van der Waals surface area contributed by atoms with Gasteiger partial charge in [-0.15, -0.1) is 11.3 Å². The van der Waals surface area contributed by atoms with E-state index in [2.05, 4.69) is 0 Å². The molecule has 1 heterocycles. The third-order valence-electron chi connectivity index (χ3n) is 4.45. The van der Waals surface area contributed by atoms with Crippen LogP contribution in [0.1, 0.15) is 5.56 Å². The molecule has 0 atom stereocenters. The van der Waals surface area contributed by atoms with Gasteiger partial charge in [-0.3, -0.25) is 0 Å². The molecule has 3 aromatic carbocycles. The van der Waals surface area contributed by atoms with E-state index in [0.717, 1.165) is 25.9 Å². The van der Waals surface area contributed by atoms with Crippen molar-refractivity contribution in [1.29, 1.82) is 0 Å². The van der Waals surface area contributed by atoms with Crippen LogP contribution in [0.5, 0.6) is 0 Å². The van der Waals surface area contributed by atoms with Crippen molar-refractivity contribution in [2.45, 2.75) is 15.0 Å². The number of sulfonamides is 1. The summed E-state index contributed by atoms with van der Waals surface area (Å²) < 4.78 is 37.4. The molecule has 164 valence electrons. The van der Waals surface area contributed by atoms with Crippen molar-refractivity contribution < 1.29 is 12.8 Å². The lowest BCUT2D eigenvalue weighted by Gasteiger charge is -2.04. The van der Waals surface area contributed by atoms with Gasteiger partial charge >= 0.3 is 0 Å². The van der Waals surface area contributed by atoms with Crippen LogP contribution >= 0.6 is 46.3 Å². The van der Waals surface area contributed by atoms with Crippen LogP contribution in [0.25, 0.3) is 21.7 Å². The summed E-state index contributed by atoms with van der Waals surface area (Å²) in [6, 6.07) is 17.7. The highest BCUT2D eigenvalue weighted by molar-refractivity contribution is 8.00. The Hall–Kier alpha value is -1.94. The number of benzene rings is 3. The Labute approximate surface area is 203 Å². The van der Waals surface area contributed by atoms with Gasteiger partial charge in [0, 0.05) is 21.4 Å². The van der Waals surface area contributed by atoms with Crippen LogP contribution in [-0.2, 0) is 15.8 Å². The summed E-state index contributed by atoms with van der Waals surface area (Å²) in [5.74, 6) is 0.283. The predicted molar refractivity (Wildman–Crippen MR) is 130 cm³/mol. The molecule has 0 aliphatic carbocycles. The molecule has 0 aliphatic rings. The maximum absolute atomic E-state index is 13.5. The Morgan fingerprint density at radius 2 is 1.53 bits per heavy atom. The zero-order chi connectivity index (χ0) is 22.9. The van der Waals surface area contributed by atoms with Crippen LogP contribution in [0.15, 0.2) is 76.0 Å². The molecule has 1 aromatic heterocycles. The van der Waals surface area contributed by atoms with Crippen molar-refractivity contribution in [1.82, 2.24) is 4.98 Å². The monoisotopic (exact) mass is 524 g/mol. The maximum atomic E-state index is 13.5. The van der Waals surface area contributed by atoms with E-state index in [4.69, 9.17) is 33.3 Å². The molecule has 10 heteroatoms. The fourth-order valence-electron chi connectivity index (χ4n) is 3.00. The number of halogens is 3. The molecular weight excluding hydrogens is 510 g/mol. The first kappa shape index (κ1) is 23.2. The van der Waals surface area contributed by atoms with E-state index in [0.29, 0.717) is 21.5 Å². The molecule has 4 aromatic rings. The number of rotatable bonds is 6. The summed E-state index contributed by atoms with van der Waals surface area (Å²) in [5, 5.41) is 6.33. The van der Waals surface area contributed by atoms with E-state index in [1.54, 1.807) is 30.3 Å². The minimum Gasteiger partial charge on any atom is -0.229 e. The summed E-state index contributed by atoms with van der Waals surface area (Å²) in [5.41, 5.74) is 3.18. The number of thiazole rings is 1. The average Bonchev–Trinajstić information content (AvgIpc) is 3.16. The van der Waals surface area contributed by atoms with Gasteiger partial charge in [-0.2, -0.15) is 0 Å². The highest BCUT2D eigenvalue weighted by atomic mass is 35.5. The van der Waals surface area contributed by atoms with Crippen LogP contribution in [-0.4, -0.2) is 13.4 Å². The highest BCUT2D eigenvalue weighted by Crippen LogP contribution is 2.41. The van der Waals surface area contributed by atoms with Crippen molar-refractivity contribution >= 4 is 56.3 Å². The fourth-order valence-corrected chi connectivity index (χ4v) is 6.18. The normalized spacial score (nSPS) is 11.6. The van der Waals surface area contributed by atoms with Gasteiger partial charge in [0.1, 0.15) is 5.82 Å². The summed E-state index contributed by atoms with van der Waals surface area (Å²) in [7, 11) is -3.80. The van der Waals surface area contributed by atoms with Crippen LogP contribution in [0.3, 0.4) is 0 Å². The van der Waals surface area contributed by atoms with Gasteiger partial charge in [-0.05, 0) is 53.6 Å². The second-order valence-corrected chi connectivity index (χ2v) is 11.5. The Morgan fingerprint density at radius 1 is 0.938 bits per heavy atom. The number of hydrogen-bond donors (Lipinski definition) is 1. The second-order valence-electron chi connectivity index (χ2n) is 6.80. The molecule has 0 aliphatic heterocycles. The Bertz CT molecular complexity index is 1350. The Balaban J connectivity index is 1.70. The number of nitrogens with zero attached hydrogens (tertiary/aromatic N) is 1. The zero-order valence-electron chi connectivity index (χ0n) is 16.3. The van der Waals surface area contributed by atoms with Crippen molar-refractivity contribution in [2.24, 2.45) is 5.14 Å². The number of aromatic nitrogens is 1. The number of hydrogen-bond acceptors (Lipinski definition) is 5. The molecule has 4 nitrogen and oxygen atoms in total. The summed E-state index contributed by atoms with van der Waals surface area (Å²) in [4.78, 5) is 5.64. The van der Waals surface area contributed by atoms with Crippen molar-refractivity contribution in [2.75, 3.05) is 0 Å². The fraction of sp³-hybridized carbons (Fsp3) is 0.0455. The van der Waals surface area contributed by atoms with Crippen molar-refractivity contribution in [3.05, 3.63) is 88.2 Å². The topological polar surface area (TPSA) is 73.1 Å². The standard InChI is InChI=1S/C22H15Cl2FN2O2S3/c23-16-9-13(10-17(24)11-16)12-30-22-27-20(14-3-7-19(8-4-14)32(26,28)29)21(31-22)15-1-5-18(25)6-2-15/h1-11H,12H2,(H2,26,28,29). The maximum Gasteiger partial charge on any atom is 0.238 e. The van der Waals surface area contributed by atoms with Gasteiger partial charge in [0.25, 0.3) is 0 Å². The van der Waals surface area contributed by atoms with E-state index in [9.17, 15) is 12.8 Å². The highest BCUT2D eigenvalue weighted by Gasteiger charge is 2.17. The van der Waals surface area contributed by atoms with Gasteiger partial charge in [-0.1, -0.05) is 59.2 Å². The molecule has 0 unspecified atom stereocenters. The molecule has 0 radical (unpaired) electrons. The largest absolute Gasteiger partial charge is 0.238 e. The van der Waals surface area contributed by atoms with Gasteiger partial charge in [0.15, 0.2) is 4.34 Å². The van der Waals surface area contributed by atoms with Crippen LogP contribution in [0, 0.1) is 5.82 Å². The molecule has 0 amide bonds. The smallest absolute Gasteiger partial charge is 0.229 e. The van der Waals surface area contributed by atoms with Gasteiger partial charge in [-0.25, -0.2) is 22.9 Å². The first-order chi connectivity index (χ1) is 15.2. The van der Waals surface area contributed by atoms with E-state index in [-0.39, 0.29) is 10.7 Å². The Kier molecular flexibility index (Phi) is 6.90. The molecule has 32 heavy (non-hydrogen) atoms. The van der Waals surface area contributed by atoms with Crippen LogP contribution < -0.4 is 5.14 Å². The second kappa shape index (κ2) is 9.51. The van der Waals surface area contributed by atoms with Gasteiger partial charge < -0.3 is 0 Å². The van der Waals surface area contributed by atoms with E-state index in [1.165, 1.54) is 47.4 Å². The van der Waals surface area contributed by atoms with Gasteiger partial charge in [0.05, 0.1) is 15.5 Å². The minimum atomic E-state index is -3.80. The predicted octanol–water partition coefficient (Wildman–Crippen LogP) is 6.86. The van der Waals surface area contributed by atoms with Crippen LogP contribution in [0.4, 0.5) is 4.39 Å². The first-order valence-corrected chi connectivity index (χ1v) is 13.3. The lowest BCUT2D eigenvalue weighted by molar-refractivity contribution is 0.598.